The fourth-order valence-electron chi connectivity index (χ4n) is 2.91. The Balaban J connectivity index is 1.40. The second-order valence-electron chi connectivity index (χ2n) is 6.28. The van der Waals surface area contributed by atoms with E-state index in [0.717, 1.165) is 26.8 Å². The average Bonchev–Trinajstić information content (AvgIpc) is 3.15. The van der Waals surface area contributed by atoms with Crippen LogP contribution in [-0.2, 0) is 9.53 Å². The van der Waals surface area contributed by atoms with Gasteiger partial charge in [-0.05, 0) is 35.0 Å². The molecule has 1 heterocycles. The van der Waals surface area contributed by atoms with Gasteiger partial charge in [0.05, 0.1) is 4.92 Å². The molecule has 0 unspecified atom stereocenters. The maximum absolute atomic E-state index is 12.2. The maximum atomic E-state index is 12.2. The number of fused-ring (bicyclic) bond motifs is 2. The van der Waals surface area contributed by atoms with E-state index in [1.807, 2.05) is 36.4 Å². The molecule has 1 amide bonds. The van der Waals surface area contributed by atoms with Crippen LogP contribution in [0.4, 0.5) is 11.4 Å². The molecule has 0 saturated heterocycles. The molecule has 8 heteroatoms. The van der Waals surface area contributed by atoms with Crippen molar-refractivity contribution in [1.82, 2.24) is 0 Å². The zero-order chi connectivity index (χ0) is 20.4. The number of carbonyl (C=O) groups excluding carboxylic acids is 2. The molecule has 0 aliphatic heterocycles. The van der Waals surface area contributed by atoms with Crippen LogP contribution in [0.3, 0.4) is 0 Å². The van der Waals surface area contributed by atoms with Crippen LogP contribution in [-0.4, -0.2) is 23.4 Å². The molecule has 29 heavy (non-hydrogen) atoms. The van der Waals surface area contributed by atoms with Crippen molar-refractivity contribution in [1.29, 1.82) is 0 Å². The number of anilines is 1. The summed E-state index contributed by atoms with van der Waals surface area (Å²) in [7, 11) is 0. The van der Waals surface area contributed by atoms with Crippen molar-refractivity contribution >= 4 is 55.4 Å². The number of hydrogen-bond acceptors (Lipinski definition) is 6. The van der Waals surface area contributed by atoms with Crippen LogP contribution in [0.5, 0.6) is 0 Å². The van der Waals surface area contributed by atoms with Crippen molar-refractivity contribution < 1.29 is 19.2 Å². The summed E-state index contributed by atoms with van der Waals surface area (Å²) in [4.78, 5) is 35.0. The van der Waals surface area contributed by atoms with Crippen LogP contribution in [0.15, 0.2) is 66.7 Å². The number of nitrogens with zero attached hydrogens (tertiary/aromatic N) is 1. The van der Waals surface area contributed by atoms with E-state index in [1.54, 1.807) is 12.1 Å². The molecule has 144 valence electrons. The lowest BCUT2D eigenvalue weighted by Crippen LogP contribution is -2.20. The lowest BCUT2D eigenvalue weighted by atomic mass is 10.1. The molecule has 0 saturated carbocycles. The van der Waals surface area contributed by atoms with Gasteiger partial charge < -0.3 is 10.1 Å². The van der Waals surface area contributed by atoms with Gasteiger partial charge in [0, 0.05) is 27.9 Å². The van der Waals surface area contributed by atoms with Crippen molar-refractivity contribution in [2.75, 3.05) is 11.9 Å². The zero-order valence-corrected chi connectivity index (χ0v) is 15.8. The Labute approximate surface area is 168 Å². The molecule has 0 radical (unpaired) electrons. The summed E-state index contributed by atoms with van der Waals surface area (Å²) in [5, 5.41) is 16.2. The highest BCUT2D eigenvalue weighted by Crippen LogP contribution is 2.29. The van der Waals surface area contributed by atoms with Gasteiger partial charge in [0.1, 0.15) is 4.88 Å². The number of nitro groups is 1. The number of benzene rings is 3. The third-order valence-corrected chi connectivity index (χ3v) is 5.38. The standard InChI is InChI=1S/C21H14N2O5S/c24-20(22-16-6-5-13-3-1-2-4-14(13)9-16)12-28-21(25)19-11-15-10-17(23(26)27)7-8-18(15)29-19/h1-11H,12H2,(H,22,24). The van der Waals surface area contributed by atoms with Gasteiger partial charge in [0.15, 0.2) is 6.61 Å². The van der Waals surface area contributed by atoms with Crippen LogP contribution < -0.4 is 5.32 Å². The van der Waals surface area contributed by atoms with Gasteiger partial charge in [-0.2, -0.15) is 0 Å². The summed E-state index contributed by atoms with van der Waals surface area (Å²) in [6, 6.07) is 19.2. The highest BCUT2D eigenvalue weighted by Gasteiger charge is 2.16. The Morgan fingerprint density at radius 1 is 0.966 bits per heavy atom. The number of rotatable bonds is 5. The van der Waals surface area contributed by atoms with Gasteiger partial charge >= 0.3 is 5.97 Å². The van der Waals surface area contributed by atoms with Crippen LogP contribution in [0.2, 0.25) is 0 Å². The SMILES string of the molecule is O=C(COC(=O)c1cc2cc([N+](=O)[O-])ccc2s1)Nc1ccc2ccccc2c1. The number of carbonyl (C=O) groups is 2. The molecule has 4 aromatic rings. The van der Waals surface area contributed by atoms with E-state index in [0.29, 0.717) is 11.1 Å². The number of ether oxygens (including phenoxy) is 1. The third-order valence-electron chi connectivity index (χ3n) is 4.28. The van der Waals surface area contributed by atoms with Gasteiger partial charge in [-0.15, -0.1) is 11.3 Å². The van der Waals surface area contributed by atoms with E-state index in [9.17, 15) is 19.7 Å². The molecule has 1 N–H and O–H groups in total. The number of non-ortho nitro benzene ring substituents is 1. The van der Waals surface area contributed by atoms with Crippen LogP contribution >= 0.6 is 11.3 Å². The van der Waals surface area contributed by atoms with Gasteiger partial charge in [0.2, 0.25) is 0 Å². The van der Waals surface area contributed by atoms with Crippen LogP contribution in [0.1, 0.15) is 9.67 Å². The Kier molecular flexibility index (Phi) is 4.92. The van der Waals surface area contributed by atoms with Crippen molar-refractivity contribution in [3.63, 3.8) is 0 Å². The molecule has 1 aromatic heterocycles. The Hall–Kier alpha value is -3.78. The molecule has 0 bridgehead atoms. The summed E-state index contributed by atoms with van der Waals surface area (Å²) >= 11 is 1.15. The lowest BCUT2D eigenvalue weighted by molar-refractivity contribution is -0.384. The highest BCUT2D eigenvalue weighted by molar-refractivity contribution is 7.20. The first-order valence-electron chi connectivity index (χ1n) is 8.63. The molecule has 0 spiro atoms. The smallest absolute Gasteiger partial charge is 0.348 e. The summed E-state index contributed by atoms with van der Waals surface area (Å²) in [5.41, 5.74) is 0.559. The second kappa shape index (κ2) is 7.69. The largest absolute Gasteiger partial charge is 0.451 e. The first-order valence-corrected chi connectivity index (χ1v) is 9.45. The average molecular weight is 406 g/mol. The van der Waals surface area contributed by atoms with E-state index < -0.39 is 23.4 Å². The van der Waals surface area contributed by atoms with Gasteiger partial charge in [-0.25, -0.2) is 4.79 Å². The normalized spacial score (nSPS) is 10.8. The fraction of sp³-hybridized carbons (Fsp3) is 0.0476. The molecule has 0 aliphatic rings. The van der Waals surface area contributed by atoms with E-state index in [2.05, 4.69) is 5.32 Å². The molecule has 3 aromatic carbocycles. The minimum atomic E-state index is -0.650. The second-order valence-corrected chi connectivity index (χ2v) is 7.36. The molecule has 4 rings (SSSR count). The van der Waals surface area contributed by atoms with E-state index in [1.165, 1.54) is 18.2 Å². The summed E-state index contributed by atoms with van der Waals surface area (Å²) in [6.07, 6.45) is 0. The molecule has 0 fully saturated rings. The van der Waals surface area contributed by atoms with Crippen molar-refractivity contribution in [3.8, 4) is 0 Å². The minimum Gasteiger partial charge on any atom is -0.451 e. The van der Waals surface area contributed by atoms with Gasteiger partial charge in [-0.1, -0.05) is 30.3 Å². The number of esters is 1. The molecule has 0 aliphatic carbocycles. The fourth-order valence-corrected chi connectivity index (χ4v) is 3.85. The number of thiophene rings is 1. The quantitative estimate of drug-likeness (QED) is 0.293. The highest BCUT2D eigenvalue weighted by atomic mass is 32.1. The van der Waals surface area contributed by atoms with Gasteiger partial charge in [0.25, 0.3) is 11.6 Å². The number of hydrogen-bond donors (Lipinski definition) is 1. The van der Waals surface area contributed by atoms with Crippen molar-refractivity contribution in [3.05, 3.63) is 81.7 Å². The zero-order valence-electron chi connectivity index (χ0n) is 15.0. The lowest BCUT2D eigenvalue weighted by Gasteiger charge is -2.07. The topological polar surface area (TPSA) is 98.5 Å². The predicted octanol–water partition coefficient (Wildman–Crippen LogP) is 4.76. The molecular formula is C21H14N2O5S. The predicted molar refractivity (Wildman–Crippen MR) is 111 cm³/mol. The van der Waals surface area contributed by atoms with Crippen LogP contribution in [0, 0.1) is 10.1 Å². The Bertz CT molecular complexity index is 1260. The van der Waals surface area contributed by atoms with Crippen molar-refractivity contribution in [2.45, 2.75) is 0 Å². The molecular weight excluding hydrogens is 392 g/mol. The number of nitrogens with one attached hydrogen (secondary N) is 1. The summed E-state index contributed by atoms with van der Waals surface area (Å²) in [5.74, 6) is -1.10. The summed E-state index contributed by atoms with van der Waals surface area (Å²) < 4.78 is 5.81. The van der Waals surface area contributed by atoms with Crippen LogP contribution in [0.25, 0.3) is 20.9 Å². The first kappa shape index (κ1) is 18.6. The Morgan fingerprint density at radius 2 is 1.76 bits per heavy atom. The third kappa shape index (κ3) is 4.07. The van der Waals surface area contributed by atoms with E-state index in [4.69, 9.17) is 4.74 Å². The monoisotopic (exact) mass is 406 g/mol. The van der Waals surface area contributed by atoms with E-state index >= 15 is 0 Å². The number of amides is 1. The first-order chi connectivity index (χ1) is 14.0. The van der Waals surface area contributed by atoms with Gasteiger partial charge in [-0.3, -0.25) is 14.9 Å². The van der Waals surface area contributed by atoms with E-state index in [-0.39, 0.29) is 10.6 Å². The minimum absolute atomic E-state index is 0.0509. The van der Waals surface area contributed by atoms with Crippen molar-refractivity contribution in [2.24, 2.45) is 0 Å². The maximum Gasteiger partial charge on any atom is 0.348 e. The number of nitro benzene ring substituents is 1. The summed E-state index contributed by atoms with van der Waals surface area (Å²) in [6.45, 7) is -0.431. The molecule has 0 atom stereocenters. The Morgan fingerprint density at radius 3 is 2.55 bits per heavy atom. The molecule has 7 nitrogen and oxygen atoms in total.